The molecule has 0 aliphatic heterocycles. The molecule has 0 amide bonds. The van der Waals surface area contributed by atoms with Gasteiger partial charge in [0.15, 0.2) is 0 Å². The minimum absolute atomic E-state index is 0.0320. The van der Waals surface area contributed by atoms with E-state index in [4.69, 9.17) is 5.11 Å². The highest BCUT2D eigenvalue weighted by molar-refractivity contribution is 5.60. The zero-order valence-corrected chi connectivity index (χ0v) is 11.9. The van der Waals surface area contributed by atoms with Crippen LogP contribution in [0.15, 0.2) is 0 Å². The predicted molar refractivity (Wildman–Crippen MR) is 73.4 cm³/mol. The molecule has 0 spiro atoms. The van der Waals surface area contributed by atoms with Gasteiger partial charge in [0.2, 0.25) is 5.82 Å². The summed E-state index contributed by atoms with van der Waals surface area (Å²) in [6, 6.07) is 0.0828. The van der Waals surface area contributed by atoms with E-state index < -0.39 is 4.92 Å². The molecule has 1 unspecified atom stereocenters. The maximum atomic E-state index is 11.1. The van der Waals surface area contributed by atoms with Crippen LogP contribution in [-0.4, -0.2) is 32.5 Å². The lowest BCUT2D eigenvalue weighted by Crippen LogP contribution is -2.20. The van der Waals surface area contributed by atoms with Gasteiger partial charge in [-0.15, -0.1) is 0 Å². The molecule has 0 aliphatic carbocycles. The molecular weight excluding hydrogens is 248 g/mol. The third kappa shape index (κ3) is 3.66. The molecule has 0 fully saturated rings. The van der Waals surface area contributed by atoms with Crippen LogP contribution in [0.3, 0.4) is 0 Å². The number of nitrogens with zero attached hydrogens (tertiary/aromatic N) is 3. The van der Waals surface area contributed by atoms with Crippen LogP contribution in [0.5, 0.6) is 0 Å². The summed E-state index contributed by atoms with van der Waals surface area (Å²) in [5.74, 6) is 0.447. The molecule has 1 rings (SSSR count). The van der Waals surface area contributed by atoms with Crippen molar-refractivity contribution in [2.75, 3.05) is 11.9 Å². The highest BCUT2D eigenvalue weighted by Crippen LogP contribution is 2.31. The minimum atomic E-state index is -0.400. The fourth-order valence-corrected chi connectivity index (χ4v) is 1.97. The van der Waals surface area contributed by atoms with E-state index in [0.29, 0.717) is 17.9 Å². The van der Waals surface area contributed by atoms with Crippen molar-refractivity contribution in [2.24, 2.45) is 0 Å². The molecule has 1 heterocycles. The van der Waals surface area contributed by atoms with Crippen LogP contribution in [0.25, 0.3) is 0 Å². The number of nitrogens with one attached hydrogen (secondary N) is 1. The van der Waals surface area contributed by atoms with Crippen molar-refractivity contribution in [3.05, 3.63) is 15.8 Å². The molecule has 0 bridgehead atoms. The van der Waals surface area contributed by atoms with Gasteiger partial charge in [-0.1, -0.05) is 0 Å². The van der Waals surface area contributed by atoms with Gasteiger partial charge in [0.25, 0.3) is 0 Å². The molecule has 7 heteroatoms. The summed E-state index contributed by atoms with van der Waals surface area (Å²) in [7, 11) is 0. The summed E-state index contributed by atoms with van der Waals surface area (Å²) in [5.41, 5.74) is 0.445. The Morgan fingerprint density at radius 2 is 2.11 bits per heavy atom. The minimum Gasteiger partial charge on any atom is -0.396 e. The number of anilines is 1. The van der Waals surface area contributed by atoms with Crippen molar-refractivity contribution < 1.29 is 10.0 Å². The Balaban J connectivity index is 3.05. The van der Waals surface area contributed by atoms with Crippen LogP contribution in [0.2, 0.25) is 0 Å². The Hall–Kier alpha value is -1.63. The predicted octanol–water partition coefficient (Wildman–Crippen LogP) is 2.25. The van der Waals surface area contributed by atoms with E-state index in [2.05, 4.69) is 10.4 Å². The van der Waals surface area contributed by atoms with E-state index in [9.17, 15) is 10.1 Å². The third-order valence-electron chi connectivity index (χ3n) is 2.90. The van der Waals surface area contributed by atoms with Gasteiger partial charge >= 0.3 is 5.69 Å². The van der Waals surface area contributed by atoms with Gasteiger partial charge < -0.3 is 10.4 Å². The van der Waals surface area contributed by atoms with Crippen LogP contribution in [-0.2, 0) is 0 Å². The van der Waals surface area contributed by atoms with Crippen LogP contribution >= 0.6 is 0 Å². The fourth-order valence-electron chi connectivity index (χ4n) is 1.97. The average Bonchev–Trinajstić information content (AvgIpc) is 2.63. The van der Waals surface area contributed by atoms with Crippen molar-refractivity contribution in [1.82, 2.24) is 9.78 Å². The van der Waals surface area contributed by atoms with E-state index in [0.717, 1.165) is 6.42 Å². The maximum Gasteiger partial charge on any atom is 0.333 e. The number of aliphatic hydroxyl groups excluding tert-OH is 1. The zero-order valence-electron chi connectivity index (χ0n) is 11.9. The van der Waals surface area contributed by atoms with E-state index in [1.807, 2.05) is 20.8 Å². The Labute approximate surface area is 112 Å². The number of rotatable bonds is 7. The summed E-state index contributed by atoms with van der Waals surface area (Å²) in [6.07, 6.45) is 1.41. The van der Waals surface area contributed by atoms with E-state index in [1.54, 1.807) is 11.6 Å². The molecule has 108 valence electrons. The van der Waals surface area contributed by atoms with Crippen LogP contribution < -0.4 is 5.32 Å². The second-order valence-corrected chi connectivity index (χ2v) is 4.99. The normalized spacial score (nSPS) is 12.7. The standard InChI is InChI=1S/C12H22N4O3/c1-8(2)15-12(13-9(3)6-5-7-17)11(16(18)19)10(4)14-15/h8-9,13,17H,5-7H2,1-4H3. The molecule has 0 aliphatic rings. The smallest absolute Gasteiger partial charge is 0.333 e. The third-order valence-corrected chi connectivity index (χ3v) is 2.90. The van der Waals surface area contributed by atoms with Crippen LogP contribution in [0, 0.1) is 17.0 Å². The number of nitro groups is 1. The Morgan fingerprint density at radius 3 is 2.58 bits per heavy atom. The molecule has 2 N–H and O–H groups in total. The quantitative estimate of drug-likeness (QED) is 0.585. The van der Waals surface area contributed by atoms with Gasteiger partial charge in [-0.25, -0.2) is 4.68 Å². The van der Waals surface area contributed by atoms with Gasteiger partial charge in [0.1, 0.15) is 5.69 Å². The van der Waals surface area contributed by atoms with Crippen molar-refractivity contribution >= 4 is 11.5 Å². The summed E-state index contributed by atoms with van der Waals surface area (Å²) < 4.78 is 1.64. The molecule has 1 aromatic rings. The van der Waals surface area contributed by atoms with Gasteiger partial charge in [-0.2, -0.15) is 5.10 Å². The first-order chi connectivity index (χ1) is 8.88. The van der Waals surface area contributed by atoms with Gasteiger partial charge in [0.05, 0.1) is 4.92 Å². The molecule has 0 radical (unpaired) electrons. The summed E-state index contributed by atoms with van der Waals surface area (Å²) in [4.78, 5) is 10.7. The first-order valence-corrected chi connectivity index (χ1v) is 6.49. The van der Waals surface area contributed by atoms with Crippen molar-refractivity contribution in [3.63, 3.8) is 0 Å². The molecule has 0 saturated heterocycles. The van der Waals surface area contributed by atoms with E-state index >= 15 is 0 Å². The molecule has 0 aromatic carbocycles. The highest BCUT2D eigenvalue weighted by atomic mass is 16.6. The molecule has 0 saturated carbocycles. The lowest BCUT2D eigenvalue weighted by molar-refractivity contribution is -0.384. The Bertz CT molecular complexity index is 442. The van der Waals surface area contributed by atoms with E-state index in [-0.39, 0.29) is 24.4 Å². The first kappa shape index (κ1) is 15.4. The summed E-state index contributed by atoms with van der Waals surface area (Å²) in [6.45, 7) is 7.56. The second kappa shape index (κ2) is 6.51. The largest absolute Gasteiger partial charge is 0.396 e. The lowest BCUT2D eigenvalue weighted by Gasteiger charge is -2.17. The zero-order chi connectivity index (χ0) is 14.6. The number of aromatic nitrogens is 2. The van der Waals surface area contributed by atoms with Gasteiger partial charge in [-0.3, -0.25) is 10.1 Å². The van der Waals surface area contributed by atoms with Crippen molar-refractivity contribution in [1.29, 1.82) is 0 Å². The molecule has 7 nitrogen and oxygen atoms in total. The molecular formula is C12H22N4O3. The number of hydrogen-bond acceptors (Lipinski definition) is 5. The van der Waals surface area contributed by atoms with Gasteiger partial charge in [-0.05, 0) is 40.5 Å². The van der Waals surface area contributed by atoms with Crippen molar-refractivity contribution in [2.45, 2.75) is 52.6 Å². The fraction of sp³-hybridized carbons (Fsp3) is 0.750. The maximum absolute atomic E-state index is 11.1. The second-order valence-electron chi connectivity index (χ2n) is 4.99. The highest BCUT2D eigenvalue weighted by Gasteiger charge is 2.27. The Kier molecular flexibility index (Phi) is 5.29. The number of aliphatic hydroxyl groups is 1. The number of aryl methyl sites for hydroxylation is 1. The van der Waals surface area contributed by atoms with Gasteiger partial charge in [0, 0.05) is 18.7 Å². The molecule has 19 heavy (non-hydrogen) atoms. The van der Waals surface area contributed by atoms with Crippen LogP contribution in [0.4, 0.5) is 11.5 Å². The topological polar surface area (TPSA) is 93.2 Å². The SMILES string of the molecule is Cc1nn(C(C)C)c(NC(C)CCCO)c1[N+](=O)[O-]. The lowest BCUT2D eigenvalue weighted by atomic mass is 10.2. The van der Waals surface area contributed by atoms with E-state index in [1.165, 1.54) is 0 Å². The molecule has 1 aromatic heterocycles. The average molecular weight is 270 g/mol. The molecule has 1 atom stereocenters. The Morgan fingerprint density at radius 1 is 1.47 bits per heavy atom. The van der Waals surface area contributed by atoms with Crippen LogP contribution in [0.1, 0.15) is 45.3 Å². The monoisotopic (exact) mass is 270 g/mol. The van der Waals surface area contributed by atoms with Crippen molar-refractivity contribution in [3.8, 4) is 0 Å². The summed E-state index contributed by atoms with van der Waals surface area (Å²) in [5, 5.41) is 27.3. The first-order valence-electron chi connectivity index (χ1n) is 6.49. The summed E-state index contributed by atoms with van der Waals surface area (Å²) >= 11 is 0. The number of hydrogen-bond donors (Lipinski definition) is 2.